The highest BCUT2D eigenvalue weighted by molar-refractivity contribution is 7.88. The third-order valence-electron chi connectivity index (χ3n) is 3.03. The summed E-state index contributed by atoms with van der Waals surface area (Å²) in [6.45, 7) is 4.76. The van der Waals surface area contributed by atoms with Gasteiger partial charge in [0.25, 0.3) is 0 Å². The van der Waals surface area contributed by atoms with Crippen LogP contribution in [0.25, 0.3) is 0 Å². The molecule has 0 radical (unpaired) electrons. The minimum absolute atomic E-state index is 0.0130. The molecule has 2 N–H and O–H groups in total. The Morgan fingerprint density at radius 3 is 2.78 bits per heavy atom. The maximum Gasteiger partial charge on any atom is 0.211 e. The Bertz CT molecular complexity index is 514. The van der Waals surface area contributed by atoms with E-state index in [0.717, 1.165) is 24.5 Å². The van der Waals surface area contributed by atoms with Gasteiger partial charge in [-0.3, -0.25) is 4.90 Å². The SMILES string of the molecule is C[C@H]1CN(Cc2cnc(N)s2)CCN1S(C)(=O)=O. The fourth-order valence-electron chi connectivity index (χ4n) is 2.27. The van der Waals surface area contributed by atoms with Gasteiger partial charge < -0.3 is 5.73 Å². The Morgan fingerprint density at radius 1 is 1.56 bits per heavy atom. The summed E-state index contributed by atoms with van der Waals surface area (Å²) in [6, 6.07) is 0.0130. The molecular weight excluding hydrogens is 272 g/mol. The molecule has 0 amide bonds. The molecule has 0 spiro atoms. The van der Waals surface area contributed by atoms with Crippen LogP contribution in [0, 0.1) is 0 Å². The number of rotatable bonds is 3. The quantitative estimate of drug-likeness (QED) is 0.859. The molecule has 0 bridgehead atoms. The fraction of sp³-hybridized carbons (Fsp3) is 0.700. The maximum atomic E-state index is 11.5. The van der Waals surface area contributed by atoms with E-state index in [2.05, 4.69) is 9.88 Å². The summed E-state index contributed by atoms with van der Waals surface area (Å²) in [6.07, 6.45) is 3.05. The first-order valence-corrected chi connectivity index (χ1v) is 8.42. The van der Waals surface area contributed by atoms with Gasteiger partial charge in [0.05, 0.1) is 6.26 Å². The van der Waals surface area contributed by atoms with Crippen molar-refractivity contribution in [3.05, 3.63) is 11.1 Å². The molecule has 1 aliphatic rings. The maximum absolute atomic E-state index is 11.5. The van der Waals surface area contributed by atoms with Gasteiger partial charge in [-0.05, 0) is 6.92 Å². The van der Waals surface area contributed by atoms with Crippen LogP contribution in [0.2, 0.25) is 0 Å². The summed E-state index contributed by atoms with van der Waals surface area (Å²) >= 11 is 1.48. The van der Waals surface area contributed by atoms with Crippen LogP contribution >= 0.6 is 11.3 Å². The van der Waals surface area contributed by atoms with Crippen LogP contribution in [0.5, 0.6) is 0 Å². The van der Waals surface area contributed by atoms with Crippen LogP contribution in [0.3, 0.4) is 0 Å². The van der Waals surface area contributed by atoms with Gasteiger partial charge in [0, 0.05) is 43.3 Å². The average Bonchev–Trinajstić information content (AvgIpc) is 2.62. The Hall–Kier alpha value is -0.700. The van der Waals surface area contributed by atoms with Crippen molar-refractivity contribution in [3.63, 3.8) is 0 Å². The number of hydrogen-bond acceptors (Lipinski definition) is 6. The number of thiazole rings is 1. The summed E-state index contributed by atoms with van der Waals surface area (Å²) in [5, 5.41) is 0.577. The zero-order valence-electron chi connectivity index (χ0n) is 10.5. The van der Waals surface area contributed by atoms with E-state index in [1.807, 2.05) is 6.92 Å². The first kappa shape index (κ1) is 13.7. The lowest BCUT2D eigenvalue weighted by atomic mass is 10.2. The van der Waals surface area contributed by atoms with Gasteiger partial charge in [-0.15, -0.1) is 11.3 Å². The number of hydrogen-bond donors (Lipinski definition) is 1. The van der Waals surface area contributed by atoms with Crippen LogP contribution in [0.15, 0.2) is 6.20 Å². The number of anilines is 1. The summed E-state index contributed by atoms with van der Waals surface area (Å²) < 4.78 is 24.7. The molecule has 1 aromatic heterocycles. The fourth-order valence-corrected chi connectivity index (χ4v) is 4.13. The van der Waals surface area contributed by atoms with Crippen LogP contribution in [-0.4, -0.2) is 54.5 Å². The third-order valence-corrected chi connectivity index (χ3v) is 5.23. The second-order valence-electron chi connectivity index (χ2n) is 4.62. The smallest absolute Gasteiger partial charge is 0.211 e. The molecule has 8 heteroatoms. The van der Waals surface area contributed by atoms with Crippen molar-refractivity contribution in [1.82, 2.24) is 14.2 Å². The van der Waals surface area contributed by atoms with Crippen LogP contribution < -0.4 is 5.73 Å². The lowest BCUT2D eigenvalue weighted by Crippen LogP contribution is -2.53. The first-order chi connectivity index (χ1) is 8.36. The van der Waals surface area contributed by atoms with E-state index >= 15 is 0 Å². The second kappa shape index (κ2) is 5.12. The lowest BCUT2D eigenvalue weighted by molar-refractivity contribution is 0.139. The summed E-state index contributed by atoms with van der Waals surface area (Å²) in [7, 11) is -3.09. The van der Waals surface area contributed by atoms with Gasteiger partial charge in [-0.2, -0.15) is 4.31 Å². The predicted octanol–water partition coefficient (Wildman–Crippen LogP) is 0.191. The van der Waals surface area contributed by atoms with E-state index in [4.69, 9.17) is 5.73 Å². The topological polar surface area (TPSA) is 79.5 Å². The van der Waals surface area contributed by atoms with E-state index in [0.29, 0.717) is 11.7 Å². The highest BCUT2D eigenvalue weighted by Crippen LogP contribution is 2.19. The Balaban J connectivity index is 1.96. The number of aromatic nitrogens is 1. The zero-order chi connectivity index (χ0) is 13.3. The standard InChI is InChI=1S/C10H18N4O2S2/c1-8-6-13(3-4-14(8)18(2,15)16)7-9-5-12-10(11)17-9/h5,8H,3-4,6-7H2,1-2H3,(H2,11,12)/t8-/m0/s1. The summed E-state index contributed by atoms with van der Waals surface area (Å²) in [5.74, 6) is 0. The highest BCUT2D eigenvalue weighted by Gasteiger charge is 2.29. The molecule has 0 unspecified atom stereocenters. The second-order valence-corrected chi connectivity index (χ2v) is 7.70. The van der Waals surface area contributed by atoms with Gasteiger partial charge in [0.15, 0.2) is 5.13 Å². The Labute approximate surface area is 111 Å². The van der Waals surface area contributed by atoms with Crippen LogP contribution in [0.1, 0.15) is 11.8 Å². The number of nitrogens with zero attached hydrogens (tertiary/aromatic N) is 3. The molecule has 6 nitrogen and oxygen atoms in total. The molecule has 18 heavy (non-hydrogen) atoms. The molecule has 1 atom stereocenters. The normalized spacial score (nSPS) is 23.3. The molecule has 0 saturated carbocycles. The molecule has 1 fully saturated rings. The van der Waals surface area contributed by atoms with Gasteiger partial charge >= 0.3 is 0 Å². The molecule has 0 aliphatic carbocycles. The molecular formula is C10H18N4O2S2. The van der Waals surface area contributed by atoms with Crippen LogP contribution in [0.4, 0.5) is 5.13 Å². The van der Waals surface area contributed by atoms with Gasteiger partial charge in [0.1, 0.15) is 0 Å². The van der Waals surface area contributed by atoms with Gasteiger partial charge in [-0.25, -0.2) is 13.4 Å². The number of sulfonamides is 1. The highest BCUT2D eigenvalue weighted by atomic mass is 32.2. The monoisotopic (exact) mass is 290 g/mol. The zero-order valence-corrected chi connectivity index (χ0v) is 12.2. The lowest BCUT2D eigenvalue weighted by Gasteiger charge is -2.38. The van der Waals surface area contributed by atoms with Crippen molar-refractivity contribution in [2.45, 2.75) is 19.5 Å². The van der Waals surface area contributed by atoms with E-state index in [1.54, 1.807) is 10.5 Å². The molecule has 102 valence electrons. The average molecular weight is 290 g/mol. The van der Waals surface area contributed by atoms with Crippen molar-refractivity contribution >= 4 is 26.5 Å². The van der Waals surface area contributed by atoms with E-state index < -0.39 is 10.0 Å². The largest absolute Gasteiger partial charge is 0.375 e. The first-order valence-electron chi connectivity index (χ1n) is 5.75. The van der Waals surface area contributed by atoms with E-state index in [9.17, 15) is 8.42 Å². The molecule has 2 rings (SSSR count). The molecule has 1 saturated heterocycles. The number of nitrogen functional groups attached to an aromatic ring is 1. The third kappa shape index (κ3) is 3.19. The predicted molar refractivity (Wildman–Crippen MR) is 72.8 cm³/mol. The van der Waals surface area contributed by atoms with Crippen molar-refractivity contribution in [1.29, 1.82) is 0 Å². The minimum atomic E-state index is -3.09. The van der Waals surface area contributed by atoms with E-state index in [1.165, 1.54) is 17.6 Å². The number of piperazine rings is 1. The molecule has 0 aromatic carbocycles. The van der Waals surface area contributed by atoms with Gasteiger partial charge in [0.2, 0.25) is 10.0 Å². The minimum Gasteiger partial charge on any atom is -0.375 e. The van der Waals surface area contributed by atoms with Crippen molar-refractivity contribution in [3.8, 4) is 0 Å². The van der Waals surface area contributed by atoms with Crippen molar-refractivity contribution in [2.75, 3.05) is 31.6 Å². The molecule has 2 heterocycles. The summed E-state index contributed by atoms with van der Waals surface area (Å²) in [5.41, 5.74) is 5.59. The van der Waals surface area contributed by atoms with Gasteiger partial charge in [-0.1, -0.05) is 0 Å². The molecule has 1 aliphatic heterocycles. The van der Waals surface area contributed by atoms with Crippen LogP contribution in [-0.2, 0) is 16.6 Å². The summed E-state index contributed by atoms with van der Waals surface area (Å²) in [4.78, 5) is 7.37. The van der Waals surface area contributed by atoms with Crippen molar-refractivity contribution in [2.24, 2.45) is 0 Å². The molecule has 1 aromatic rings. The van der Waals surface area contributed by atoms with Crippen molar-refractivity contribution < 1.29 is 8.42 Å². The van der Waals surface area contributed by atoms with E-state index in [-0.39, 0.29) is 6.04 Å². The number of nitrogens with two attached hydrogens (primary N) is 1. The Kier molecular flexibility index (Phi) is 3.90. The Morgan fingerprint density at radius 2 is 2.28 bits per heavy atom.